The van der Waals surface area contributed by atoms with Gasteiger partial charge in [0.2, 0.25) is 6.79 Å². The maximum atomic E-state index is 6.07. The molecule has 1 aromatic rings. The Balaban J connectivity index is 1.87. The summed E-state index contributed by atoms with van der Waals surface area (Å²) in [7, 11) is 0. The third kappa shape index (κ3) is 2.23. The number of ether oxygens (including phenoxy) is 3. The average molecular weight is 260 g/mol. The summed E-state index contributed by atoms with van der Waals surface area (Å²) >= 11 is 0. The third-order valence-electron chi connectivity index (χ3n) is 3.73. The Morgan fingerprint density at radius 2 is 2.00 bits per heavy atom. The second kappa shape index (κ2) is 5.25. The van der Waals surface area contributed by atoms with Gasteiger partial charge in [-0.25, -0.2) is 0 Å². The van der Waals surface area contributed by atoms with Crippen molar-refractivity contribution in [2.75, 3.05) is 13.4 Å². The van der Waals surface area contributed by atoms with Crippen molar-refractivity contribution in [1.29, 1.82) is 0 Å². The first-order valence-corrected chi connectivity index (χ1v) is 7.09. The van der Waals surface area contributed by atoms with E-state index in [-0.39, 0.29) is 6.10 Å². The van der Waals surface area contributed by atoms with E-state index in [9.17, 15) is 0 Å². The fraction of sp³-hybridized carbons (Fsp3) is 0.500. The molecule has 1 aliphatic heterocycles. The summed E-state index contributed by atoms with van der Waals surface area (Å²) < 4.78 is 17.0. The van der Waals surface area contributed by atoms with Gasteiger partial charge in [-0.05, 0) is 41.7 Å². The molecule has 0 saturated heterocycles. The monoisotopic (exact) mass is 260 g/mol. The molecule has 1 unspecified atom stereocenters. The van der Waals surface area contributed by atoms with Crippen LogP contribution >= 0.6 is 0 Å². The standard InChI is InChI=1S/C16H20O3/c1-3-5-6-17-16-11(4-2)7-12-8-14-15(9-13(12)16)19-10-18-14/h7-9,16H,3-6,10H2,1-2H3. The van der Waals surface area contributed by atoms with Crippen LogP contribution in [0.15, 0.2) is 17.7 Å². The Kier molecular flexibility index (Phi) is 3.47. The van der Waals surface area contributed by atoms with Crippen molar-refractivity contribution in [2.45, 2.75) is 39.2 Å². The molecule has 0 bridgehead atoms. The molecular weight excluding hydrogens is 240 g/mol. The average Bonchev–Trinajstić information content (AvgIpc) is 3.00. The molecule has 3 rings (SSSR count). The molecule has 19 heavy (non-hydrogen) atoms. The van der Waals surface area contributed by atoms with Gasteiger partial charge in [-0.15, -0.1) is 0 Å². The van der Waals surface area contributed by atoms with E-state index in [1.165, 1.54) is 16.7 Å². The van der Waals surface area contributed by atoms with E-state index in [0.717, 1.165) is 37.4 Å². The van der Waals surface area contributed by atoms with Crippen molar-refractivity contribution in [3.8, 4) is 11.5 Å². The molecule has 3 nitrogen and oxygen atoms in total. The summed E-state index contributed by atoms with van der Waals surface area (Å²) in [6.07, 6.45) is 5.60. The van der Waals surface area contributed by atoms with Crippen LogP contribution in [-0.4, -0.2) is 13.4 Å². The molecule has 0 radical (unpaired) electrons. The molecule has 0 amide bonds. The minimum atomic E-state index is 0.0982. The number of fused-ring (bicyclic) bond motifs is 2. The highest BCUT2D eigenvalue weighted by Crippen LogP contribution is 2.45. The first-order chi connectivity index (χ1) is 9.33. The smallest absolute Gasteiger partial charge is 0.231 e. The van der Waals surface area contributed by atoms with E-state index >= 15 is 0 Å². The lowest BCUT2D eigenvalue weighted by Crippen LogP contribution is -2.05. The molecule has 1 aromatic carbocycles. The summed E-state index contributed by atoms with van der Waals surface area (Å²) in [4.78, 5) is 0. The van der Waals surface area contributed by atoms with Crippen molar-refractivity contribution in [3.63, 3.8) is 0 Å². The van der Waals surface area contributed by atoms with Crippen LogP contribution in [0.5, 0.6) is 11.5 Å². The van der Waals surface area contributed by atoms with Crippen molar-refractivity contribution >= 4 is 6.08 Å². The predicted molar refractivity (Wildman–Crippen MR) is 74.4 cm³/mol. The van der Waals surface area contributed by atoms with Gasteiger partial charge in [-0.3, -0.25) is 0 Å². The summed E-state index contributed by atoms with van der Waals surface area (Å²) in [5, 5.41) is 0. The van der Waals surface area contributed by atoms with E-state index in [1.54, 1.807) is 0 Å². The molecule has 0 saturated carbocycles. The normalized spacial score (nSPS) is 19.5. The Hall–Kier alpha value is -1.48. The van der Waals surface area contributed by atoms with Gasteiger partial charge in [0, 0.05) is 6.61 Å². The van der Waals surface area contributed by atoms with Gasteiger partial charge in [-0.1, -0.05) is 26.3 Å². The molecule has 102 valence electrons. The van der Waals surface area contributed by atoms with Crippen LogP contribution in [0, 0.1) is 0 Å². The second-order valence-corrected chi connectivity index (χ2v) is 5.01. The second-order valence-electron chi connectivity index (χ2n) is 5.01. The number of rotatable bonds is 5. The maximum Gasteiger partial charge on any atom is 0.231 e. The highest BCUT2D eigenvalue weighted by Gasteiger charge is 2.28. The number of hydrogen-bond donors (Lipinski definition) is 0. The number of benzene rings is 1. The van der Waals surface area contributed by atoms with Crippen molar-refractivity contribution in [1.82, 2.24) is 0 Å². The Morgan fingerprint density at radius 1 is 1.21 bits per heavy atom. The quantitative estimate of drug-likeness (QED) is 0.747. The van der Waals surface area contributed by atoms with Crippen molar-refractivity contribution in [2.24, 2.45) is 0 Å². The molecule has 3 heteroatoms. The van der Waals surface area contributed by atoms with Gasteiger partial charge in [0.05, 0.1) is 0 Å². The molecule has 0 aromatic heterocycles. The van der Waals surface area contributed by atoms with Gasteiger partial charge >= 0.3 is 0 Å². The van der Waals surface area contributed by atoms with E-state index in [4.69, 9.17) is 14.2 Å². The molecular formula is C16H20O3. The highest BCUT2D eigenvalue weighted by atomic mass is 16.7. The summed E-state index contributed by atoms with van der Waals surface area (Å²) in [5.74, 6) is 1.69. The van der Waals surface area contributed by atoms with Crippen LogP contribution < -0.4 is 9.47 Å². The van der Waals surface area contributed by atoms with E-state index in [0.29, 0.717) is 6.79 Å². The van der Waals surface area contributed by atoms with Gasteiger partial charge in [0.15, 0.2) is 11.5 Å². The lowest BCUT2D eigenvalue weighted by Gasteiger charge is -2.17. The van der Waals surface area contributed by atoms with Crippen molar-refractivity contribution in [3.05, 3.63) is 28.8 Å². The largest absolute Gasteiger partial charge is 0.454 e. The fourth-order valence-electron chi connectivity index (χ4n) is 2.63. The molecule has 1 heterocycles. The van der Waals surface area contributed by atoms with Crippen LogP contribution in [0.1, 0.15) is 50.3 Å². The van der Waals surface area contributed by atoms with Crippen LogP contribution in [0.25, 0.3) is 6.08 Å². The Bertz CT molecular complexity index is 505. The number of hydrogen-bond acceptors (Lipinski definition) is 3. The zero-order valence-corrected chi connectivity index (χ0v) is 11.6. The zero-order valence-electron chi connectivity index (χ0n) is 11.6. The topological polar surface area (TPSA) is 27.7 Å². The van der Waals surface area contributed by atoms with Gasteiger partial charge in [-0.2, -0.15) is 0 Å². The Morgan fingerprint density at radius 3 is 2.74 bits per heavy atom. The predicted octanol–water partition coefficient (Wildman–Crippen LogP) is 4.08. The zero-order chi connectivity index (χ0) is 13.2. The molecule has 2 aliphatic rings. The maximum absolute atomic E-state index is 6.07. The van der Waals surface area contributed by atoms with Crippen LogP contribution in [0.4, 0.5) is 0 Å². The minimum Gasteiger partial charge on any atom is -0.454 e. The van der Waals surface area contributed by atoms with Gasteiger partial charge in [0.25, 0.3) is 0 Å². The molecule has 0 spiro atoms. The van der Waals surface area contributed by atoms with Gasteiger partial charge < -0.3 is 14.2 Å². The first-order valence-electron chi connectivity index (χ1n) is 7.09. The number of unbranched alkanes of at least 4 members (excludes halogenated alkanes) is 1. The molecule has 0 fully saturated rings. The lowest BCUT2D eigenvalue weighted by molar-refractivity contribution is 0.0757. The van der Waals surface area contributed by atoms with E-state index in [2.05, 4.69) is 32.1 Å². The van der Waals surface area contributed by atoms with E-state index in [1.807, 2.05) is 0 Å². The first kappa shape index (κ1) is 12.5. The highest BCUT2D eigenvalue weighted by molar-refractivity contribution is 5.69. The Labute approximate surface area is 114 Å². The van der Waals surface area contributed by atoms with Crippen LogP contribution in [-0.2, 0) is 4.74 Å². The molecule has 0 N–H and O–H groups in total. The van der Waals surface area contributed by atoms with E-state index < -0.39 is 0 Å². The summed E-state index contributed by atoms with van der Waals surface area (Å²) in [6.45, 7) is 5.49. The van der Waals surface area contributed by atoms with Crippen LogP contribution in [0.2, 0.25) is 0 Å². The van der Waals surface area contributed by atoms with Crippen LogP contribution in [0.3, 0.4) is 0 Å². The molecule has 1 aliphatic carbocycles. The minimum absolute atomic E-state index is 0.0982. The molecule has 1 atom stereocenters. The fourth-order valence-corrected chi connectivity index (χ4v) is 2.63. The summed E-state index contributed by atoms with van der Waals surface area (Å²) in [6, 6.07) is 4.14. The van der Waals surface area contributed by atoms with Gasteiger partial charge in [0.1, 0.15) is 6.10 Å². The van der Waals surface area contributed by atoms with Crippen molar-refractivity contribution < 1.29 is 14.2 Å². The summed E-state index contributed by atoms with van der Waals surface area (Å²) in [5.41, 5.74) is 3.77. The third-order valence-corrected chi connectivity index (χ3v) is 3.73. The SMILES string of the molecule is CCCCOC1C(CC)=Cc2cc3c(cc21)OCO3. The lowest BCUT2D eigenvalue weighted by atomic mass is 10.0.